The lowest BCUT2D eigenvalue weighted by atomic mass is 9.98. The molecule has 7 nitrogen and oxygen atoms in total. The minimum Gasteiger partial charge on any atom is -0.466 e. The number of rotatable bonds is 6. The number of carbonyl (C=O) groups excluding carboxylic acids is 3. The molecule has 0 spiro atoms. The van der Waals surface area contributed by atoms with E-state index in [0.717, 1.165) is 12.8 Å². The number of nitrogens with one attached hydrogen (secondary N) is 1. The molecule has 1 aliphatic heterocycles. The number of ketones is 1. The van der Waals surface area contributed by atoms with E-state index in [0.29, 0.717) is 30.9 Å². The topological polar surface area (TPSA) is 99.5 Å². The van der Waals surface area contributed by atoms with Crippen molar-refractivity contribution >= 4 is 23.3 Å². The third kappa shape index (κ3) is 5.68. The van der Waals surface area contributed by atoms with Crippen molar-refractivity contribution in [1.82, 2.24) is 4.90 Å². The summed E-state index contributed by atoms with van der Waals surface area (Å²) in [5.41, 5.74) is 0.855. The molecule has 0 saturated carbocycles. The molecule has 1 atom stereocenters. The van der Waals surface area contributed by atoms with Crippen LogP contribution in [0.15, 0.2) is 36.0 Å². The Balaban J connectivity index is 2.07. The van der Waals surface area contributed by atoms with E-state index in [9.17, 15) is 19.6 Å². The van der Waals surface area contributed by atoms with E-state index in [1.807, 2.05) is 6.07 Å². The van der Waals surface area contributed by atoms with E-state index in [4.69, 9.17) is 4.74 Å². The largest absolute Gasteiger partial charge is 0.466 e. The van der Waals surface area contributed by atoms with Gasteiger partial charge in [-0.1, -0.05) is 12.1 Å². The van der Waals surface area contributed by atoms with Crippen molar-refractivity contribution in [2.45, 2.75) is 26.7 Å². The number of nitrogens with zero attached hydrogens (tertiary/aromatic N) is 2. The number of ether oxygens (including phenoxy) is 1. The van der Waals surface area contributed by atoms with E-state index in [1.165, 1.54) is 13.1 Å². The SMILES string of the molecule is CCOC(=O)C1CCCN(/C=C(/C#N)C(=O)Nc2cccc(C(C)=O)c2)C1. The first-order chi connectivity index (χ1) is 12.9. The minimum absolute atomic E-state index is 0.0623. The predicted molar refractivity (Wildman–Crippen MR) is 99.7 cm³/mol. The maximum Gasteiger partial charge on any atom is 0.310 e. The van der Waals surface area contributed by atoms with Crippen molar-refractivity contribution < 1.29 is 19.1 Å². The van der Waals surface area contributed by atoms with Crippen LogP contribution in [-0.2, 0) is 14.3 Å². The summed E-state index contributed by atoms with van der Waals surface area (Å²) >= 11 is 0. The number of hydrogen-bond acceptors (Lipinski definition) is 6. The first-order valence-corrected chi connectivity index (χ1v) is 8.89. The molecule has 142 valence electrons. The second-order valence-electron chi connectivity index (χ2n) is 6.33. The molecule has 1 fully saturated rings. The Hall–Kier alpha value is -3.14. The summed E-state index contributed by atoms with van der Waals surface area (Å²) in [7, 11) is 0. The monoisotopic (exact) mass is 369 g/mol. The van der Waals surface area contributed by atoms with Crippen LogP contribution in [0.1, 0.15) is 37.0 Å². The maximum absolute atomic E-state index is 12.4. The standard InChI is InChI=1S/C20H23N3O4/c1-3-27-20(26)16-7-5-9-23(12-16)13-17(11-21)19(25)22-18-8-4-6-15(10-18)14(2)24/h4,6,8,10,13,16H,3,5,7,9,12H2,1-2H3,(H,22,25)/b17-13-. The van der Waals surface area contributed by atoms with Crippen molar-refractivity contribution in [2.75, 3.05) is 25.0 Å². The van der Waals surface area contributed by atoms with Crippen LogP contribution in [0.25, 0.3) is 0 Å². The number of nitriles is 1. The Morgan fingerprint density at radius 2 is 2.19 bits per heavy atom. The molecule has 0 radical (unpaired) electrons. The van der Waals surface area contributed by atoms with Gasteiger partial charge in [0.05, 0.1) is 12.5 Å². The van der Waals surface area contributed by atoms with Crippen LogP contribution in [0, 0.1) is 17.2 Å². The van der Waals surface area contributed by atoms with E-state index in [-0.39, 0.29) is 23.2 Å². The molecule has 2 rings (SSSR count). The Morgan fingerprint density at radius 3 is 2.85 bits per heavy atom. The number of likely N-dealkylation sites (tertiary alicyclic amines) is 1. The summed E-state index contributed by atoms with van der Waals surface area (Å²) in [5, 5.41) is 12.0. The van der Waals surface area contributed by atoms with Gasteiger partial charge in [0.15, 0.2) is 5.78 Å². The number of piperidine rings is 1. The van der Waals surface area contributed by atoms with Crippen LogP contribution in [0.4, 0.5) is 5.69 Å². The van der Waals surface area contributed by atoms with Gasteiger partial charge in [0.1, 0.15) is 11.6 Å². The fourth-order valence-electron chi connectivity index (χ4n) is 2.91. The van der Waals surface area contributed by atoms with Gasteiger partial charge < -0.3 is 15.0 Å². The van der Waals surface area contributed by atoms with Gasteiger partial charge in [-0.2, -0.15) is 5.26 Å². The van der Waals surface area contributed by atoms with Crippen LogP contribution in [0.5, 0.6) is 0 Å². The Labute approximate surface area is 158 Å². The quantitative estimate of drug-likeness (QED) is 0.358. The highest BCUT2D eigenvalue weighted by Gasteiger charge is 2.26. The second kappa shape index (κ2) is 9.53. The van der Waals surface area contributed by atoms with Crippen molar-refractivity contribution in [2.24, 2.45) is 5.92 Å². The number of Topliss-reactive ketones (excluding diaryl/α,β-unsaturated/α-hetero) is 1. The minimum atomic E-state index is -0.559. The molecule has 7 heteroatoms. The summed E-state index contributed by atoms with van der Waals surface area (Å²) in [4.78, 5) is 37.6. The fraction of sp³-hybridized carbons (Fsp3) is 0.400. The molecular weight excluding hydrogens is 346 g/mol. The molecule has 1 aliphatic rings. The van der Waals surface area contributed by atoms with E-state index >= 15 is 0 Å². The van der Waals surface area contributed by atoms with Gasteiger partial charge in [-0.25, -0.2) is 0 Å². The predicted octanol–water partition coefficient (Wildman–Crippen LogP) is 2.51. The first-order valence-electron chi connectivity index (χ1n) is 8.89. The van der Waals surface area contributed by atoms with E-state index in [2.05, 4.69) is 5.32 Å². The third-order valence-corrected chi connectivity index (χ3v) is 4.28. The Morgan fingerprint density at radius 1 is 1.41 bits per heavy atom. The molecule has 1 aromatic rings. The summed E-state index contributed by atoms with van der Waals surface area (Å²) in [6.07, 6.45) is 2.99. The van der Waals surface area contributed by atoms with Crippen molar-refractivity contribution in [3.8, 4) is 6.07 Å². The van der Waals surface area contributed by atoms with Crippen molar-refractivity contribution in [1.29, 1.82) is 5.26 Å². The lowest BCUT2D eigenvalue weighted by Gasteiger charge is -2.30. The van der Waals surface area contributed by atoms with Gasteiger partial charge in [-0.3, -0.25) is 14.4 Å². The lowest BCUT2D eigenvalue weighted by Crippen LogP contribution is -2.37. The average Bonchev–Trinajstić information content (AvgIpc) is 2.66. The summed E-state index contributed by atoms with van der Waals surface area (Å²) in [6, 6.07) is 8.43. The van der Waals surface area contributed by atoms with Gasteiger partial charge in [-0.15, -0.1) is 0 Å². The van der Waals surface area contributed by atoms with Crippen LogP contribution >= 0.6 is 0 Å². The van der Waals surface area contributed by atoms with Crippen molar-refractivity contribution in [3.63, 3.8) is 0 Å². The molecule has 1 unspecified atom stereocenters. The smallest absolute Gasteiger partial charge is 0.310 e. The maximum atomic E-state index is 12.4. The Bertz CT molecular complexity index is 795. The van der Waals surface area contributed by atoms with Gasteiger partial charge >= 0.3 is 5.97 Å². The summed E-state index contributed by atoms with van der Waals surface area (Å²) in [6.45, 7) is 4.61. The summed E-state index contributed by atoms with van der Waals surface area (Å²) < 4.78 is 5.06. The number of carbonyl (C=O) groups is 3. The molecule has 1 aromatic carbocycles. The Kier molecular flexibility index (Phi) is 7.12. The zero-order valence-electron chi connectivity index (χ0n) is 15.5. The highest BCUT2D eigenvalue weighted by Crippen LogP contribution is 2.19. The molecule has 0 bridgehead atoms. The molecule has 1 N–H and O–H groups in total. The molecule has 1 amide bonds. The van der Waals surface area contributed by atoms with Crippen LogP contribution in [0.3, 0.4) is 0 Å². The number of anilines is 1. The number of benzene rings is 1. The average molecular weight is 369 g/mol. The van der Waals surface area contributed by atoms with Gasteiger partial charge in [-0.05, 0) is 38.8 Å². The van der Waals surface area contributed by atoms with E-state index < -0.39 is 5.91 Å². The van der Waals surface area contributed by atoms with Crippen molar-refractivity contribution in [3.05, 3.63) is 41.6 Å². The van der Waals surface area contributed by atoms with Crippen LogP contribution < -0.4 is 5.32 Å². The normalized spacial score (nSPS) is 17.0. The number of hydrogen-bond donors (Lipinski definition) is 1. The van der Waals surface area contributed by atoms with Gasteiger partial charge in [0, 0.05) is 30.5 Å². The zero-order chi connectivity index (χ0) is 19.8. The lowest BCUT2D eigenvalue weighted by molar-refractivity contribution is -0.149. The molecule has 1 heterocycles. The molecule has 1 saturated heterocycles. The highest BCUT2D eigenvalue weighted by molar-refractivity contribution is 6.07. The number of esters is 1. The molecule has 27 heavy (non-hydrogen) atoms. The van der Waals surface area contributed by atoms with Gasteiger partial charge in [0.25, 0.3) is 5.91 Å². The third-order valence-electron chi connectivity index (χ3n) is 4.28. The highest BCUT2D eigenvalue weighted by atomic mass is 16.5. The zero-order valence-corrected chi connectivity index (χ0v) is 15.5. The first kappa shape index (κ1) is 20.2. The summed E-state index contributed by atoms with van der Waals surface area (Å²) in [5.74, 6) is -1.18. The van der Waals surface area contributed by atoms with Crippen LogP contribution in [0.2, 0.25) is 0 Å². The van der Waals surface area contributed by atoms with Crippen LogP contribution in [-0.4, -0.2) is 42.3 Å². The van der Waals surface area contributed by atoms with E-state index in [1.54, 1.807) is 36.1 Å². The molecule has 0 aromatic heterocycles. The van der Waals surface area contributed by atoms with Gasteiger partial charge in [0.2, 0.25) is 0 Å². The molecule has 0 aliphatic carbocycles. The fourth-order valence-corrected chi connectivity index (χ4v) is 2.91. The second-order valence-corrected chi connectivity index (χ2v) is 6.33. The number of amides is 1. The molecular formula is C20H23N3O4.